The van der Waals surface area contributed by atoms with Crippen LogP contribution in [0.5, 0.6) is 0 Å². The molecule has 1 aromatic heterocycles. The Hall–Kier alpha value is -1.43. The summed E-state index contributed by atoms with van der Waals surface area (Å²) in [6.45, 7) is 0.884. The fourth-order valence-electron chi connectivity index (χ4n) is 2.20. The summed E-state index contributed by atoms with van der Waals surface area (Å²) in [4.78, 5) is 6.24. The molecule has 0 saturated carbocycles. The minimum atomic E-state index is -0.406. The largest absolute Gasteiger partial charge is 0.337 e. The summed E-state index contributed by atoms with van der Waals surface area (Å²) in [5, 5.41) is 0.117. The third-order valence-electron chi connectivity index (χ3n) is 3.41. The molecule has 1 heterocycles. The average Bonchev–Trinajstić information content (AvgIpc) is 2.81. The molecule has 2 aromatic rings. The van der Waals surface area contributed by atoms with E-state index in [0.29, 0.717) is 18.7 Å². The van der Waals surface area contributed by atoms with Crippen molar-refractivity contribution in [1.82, 2.24) is 14.5 Å². The first-order valence-corrected chi connectivity index (χ1v) is 6.72. The molecule has 0 amide bonds. The van der Waals surface area contributed by atoms with Gasteiger partial charge in [0, 0.05) is 31.5 Å². The van der Waals surface area contributed by atoms with E-state index >= 15 is 0 Å². The molecular formula is C14H18ClFN4. The van der Waals surface area contributed by atoms with Crippen molar-refractivity contribution in [2.45, 2.75) is 12.6 Å². The first-order valence-electron chi connectivity index (χ1n) is 6.35. The predicted octanol–water partition coefficient (Wildman–Crippen LogP) is 2.34. The second-order valence-electron chi connectivity index (χ2n) is 4.76. The van der Waals surface area contributed by atoms with Gasteiger partial charge in [-0.25, -0.2) is 9.37 Å². The maximum absolute atomic E-state index is 14.1. The lowest BCUT2D eigenvalue weighted by atomic mass is 10.0. The lowest BCUT2D eigenvalue weighted by Gasteiger charge is -2.27. The van der Waals surface area contributed by atoms with Crippen molar-refractivity contribution in [1.29, 1.82) is 0 Å². The number of benzene rings is 1. The zero-order chi connectivity index (χ0) is 14.7. The van der Waals surface area contributed by atoms with E-state index in [2.05, 4.69) is 4.98 Å². The minimum absolute atomic E-state index is 0.117. The van der Waals surface area contributed by atoms with Gasteiger partial charge >= 0.3 is 0 Å². The van der Waals surface area contributed by atoms with E-state index in [9.17, 15) is 4.39 Å². The fourth-order valence-corrected chi connectivity index (χ4v) is 2.39. The van der Waals surface area contributed by atoms with Crippen LogP contribution in [0.15, 0.2) is 30.6 Å². The van der Waals surface area contributed by atoms with Crippen LogP contribution in [0, 0.1) is 5.82 Å². The Morgan fingerprint density at radius 3 is 2.85 bits per heavy atom. The summed E-state index contributed by atoms with van der Waals surface area (Å²) in [5.41, 5.74) is 6.32. The molecule has 0 aliphatic rings. The summed E-state index contributed by atoms with van der Waals surface area (Å²) >= 11 is 5.84. The van der Waals surface area contributed by atoms with Crippen molar-refractivity contribution in [3.8, 4) is 0 Å². The standard InChI is InChI=1S/C14H18ClFN4/c1-19-7-6-18-13(19)9-20(2)12(8-17)10-4-3-5-11(15)14(10)16/h3-7,12H,8-9,17H2,1-2H3. The van der Waals surface area contributed by atoms with Crippen molar-refractivity contribution >= 4 is 11.6 Å². The molecule has 0 radical (unpaired) electrons. The van der Waals surface area contributed by atoms with Gasteiger partial charge in [-0.2, -0.15) is 0 Å². The van der Waals surface area contributed by atoms with Gasteiger partial charge in [0.2, 0.25) is 0 Å². The molecule has 0 aliphatic heterocycles. The van der Waals surface area contributed by atoms with Gasteiger partial charge in [0.25, 0.3) is 0 Å². The van der Waals surface area contributed by atoms with Crippen molar-refractivity contribution in [3.63, 3.8) is 0 Å². The van der Waals surface area contributed by atoms with Gasteiger partial charge in [-0.05, 0) is 13.1 Å². The van der Waals surface area contributed by atoms with Crippen molar-refractivity contribution in [2.75, 3.05) is 13.6 Å². The second kappa shape index (κ2) is 6.35. The van der Waals surface area contributed by atoms with E-state index in [1.54, 1.807) is 18.3 Å². The molecule has 20 heavy (non-hydrogen) atoms. The Balaban J connectivity index is 2.23. The highest BCUT2D eigenvalue weighted by atomic mass is 35.5. The van der Waals surface area contributed by atoms with Crippen LogP contribution in [0.3, 0.4) is 0 Å². The summed E-state index contributed by atoms with van der Waals surface area (Å²) < 4.78 is 16.1. The number of likely N-dealkylation sites (N-methyl/N-ethyl adjacent to an activating group) is 1. The molecule has 1 unspecified atom stereocenters. The Morgan fingerprint density at radius 1 is 1.50 bits per heavy atom. The van der Waals surface area contributed by atoms with Crippen LogP contribution in [0.1, 0.15) is 17.4 Å². The quantitative estimate of drug-likeness (QED) is 0.921. The highest BCUT2D eigenvalue weighted by Gasteiger charge is 2.21. The number of nitrogens with zero attached hydrogens (tertiary/aromatic N) is 3. The van der Waals surface area contributed by atoms with E-state index in [4.69, 9.17) is 17.3 Å². The van der Waals surface area contributed by atoms with Crippen LogP contribution in [-0.2, 0) is 13.6 Å². The zero-order valence-corrected chi connectivity index (χ0v) is 12.3. The third-order valence-corrected chi connectivity index (χ3v) is 3.70. The van der Waals surface area contributed by atoms with Gasteiger partial charge in [-0.1, -0.05) is 23.7 Å². The molecule has 0 bridgehead atoms. The number of aryl methyl sites for hydroxylation is 1. The van der Waals surface area contributed by atoms with Gasteiger partial charge in [-0.15, -0.1) is 0 Å². The van der Waals surface area contributed by atoms with Crippen LogP contribution in [0.25, 0.3) is 0 Å². The van der Waals surface area contributed by atoms with Gasteiger partial charge in [0.15, 0.2) is 0 Å². The Morgan fingerprint density at radius 2 is 2.25 bits per heavy atom. The molecule has 0 fully saturated rings. The Labute approximate surface area is 123 Å². The topological polar surface area (TPSA) is 47.1 Å². The van der Waals surface area contributed by atoms with Crippen LogP contribution in [0.4, 0.5) is 4.39 Å². The number of hydrogen-bond donors (Lipinski definition) is 1. The van der Waals surface area contributed by atoms with Crippen LogP contribution >= 0.6 is 11.6 Å². The summed E-state index contributed by atoms with van der Waals surface area (Å²) in [5.74, 6) is 0.490. The van der Waals surface area contributed by atoms with E-state index in [1.807, 2.05) is 29.8 Å². The molecule has 0 saturated heterocycles. The lowest BCUT2D eigenvalue weighted by Crippen LogP contribution is -2.31. The van der Waals surface area contributed by atoms with Crippen molar-refractivity contribution < 1.29 is 4.39 Å². The van der Waals surface area contributed by atoms with Crippen molar-refractivity contribution in [3.05, 3.63) is 52.8 Å². The van der Waals surface area contributed by atoms with Crippen LogP contribution in [-0.4, -0.2) is 28.0 Å². The monoisotopic (exact) mass is 296 g/mol. The average molecular weight is 297 g/mol. The highest BCUT2D eigenvalue weighted by molar-refractivity contribution is 6.30. The number of rotatable bonds is 5. The summed E-state index contributed by atoms with van der Waals surface area (Å²) in [6, 6.07) is 4.74. The summed E-state index contributed by atoms with van der Waals surface area (Å²) in [6.07, 6.45) is 3.61. The maximum atomic E-state index is 14.1. The van der Waals surface area contributed by atoms with Crippen molar-refractivity contribution in [2.24, 2.45) is 12.8 Å². The molecule has 0 aliphatic carbocycles. The molecule has 6 heteroatoms. The molecule has 1 aromatic carbocycles. The highest BCUT2D eigenvalue weighted by Crippen LogP contribution is 2.26. The molecule has 0 spiro atoms. The number of halogens is 2. The van der Waals surface area contributed by atoms with Crippen LogP contribution < -0.4 is 5.73 Å². The fraction of sp³-hybridized carbons (Fsp3) is 0.357. The van der Waals surface area contributed by atoms with Crippen LogP contribution in [0.2, 0.25) is 5.02 Å². The minimum Gasteiger partial charge on any atom is -0.337 e. The van der Waals surface area contributed by atoms with Gasteiger partial charge < -0.3 is 10.3 Å². The van der Waals surface area contributed by atoms with Gasteiger partial charge in [-0.3, -0.25) is 4.90 Å². The van der Waals surface area contributed by atoms with Gasteiger partial charge in [0.05, 0.1) is 17.6 Å². The lowest BCUT2D eigenvalue weighted by molar-refractivity contribution is 0.229. The van der Waals surface area contributed by atoms with Gasteiger partial charge in [0.1, 0.15) is 11.6 Å². The Kier molecular flexibility index (Phi) is 4.75. The van der Waals surface area contributed by atoms with E-state index in [-0.39, 0.29) is 11.1 Å². The SMILES string of the molecule is CN(Cc1nccn1C)C(CN)c1cccc(Cl)c1F. The molecule has 108 valence electrons. The molecule has 1 atom stereocenters. The molecular weight excluding hydrogens is 279 g/mol. The first-order chi connectivity index (χ1) is 9.54. The van der Waals surface area contributed by atoms with E-state index in [1.165, 1.54) is 6.07 Å². The number of aromatic nitrogens is 2. The second-order valence-corrected chi connectivity index (χ2v) is 5.17. The Bertz CT molecular complexity index is 584. The summed E-state index contributed by atoms with van der Waals surface area (Å²) in [7, 11) is 3.82. The normalized spacial score (nSPS) is 12.9. The number of hydrogen-bond acceptors (Lipinski definition) is 3. The van der Waals surface area contributed by atoms with E-state index < -0.39 is 5.82 Å². The number of nitrogens with two attached hydrogens (primary N) is 1. The zero-order valence-electron chi connectivity index (χ0n) is 11.6. The molecule has 2 rings (SSSR count). The van der Waals surface area contributed by atoms with E-state index in [0.717, 1.165) is 5.82 Å². The first kappa shape index (κ1) is 15.0. The predicted molar refractivity (Wildman–Crippen MR) is 77.9 cm³/mol. The maximum Gasteiger partial charge on any atom is 0.146 e. The number of imidazole rings is 1. The molecule has 2 N–H and O–H groups in total. The third kappa shape index (κ3) is 3.00. The smallest absolute Gasteiger partial charge is 0.146 e. The molecule has 4 nitrogen and oxygen atoms in total.